The average molecular weight is 269 g/mol. The summed E-state index contributed by atoms with van der Waals surface area (Å²) in [5, 5.41) is 0. The molecule has 0 unspecified atom stereocenters. The van der Waals surface area contributed by atoms with Gasteiger partial charge in [-0.3, -0.25) is 4.79 Å². The van der Waals surface area contributed by atoms with Crippen molar-refractivity contribution in [2.45, 2.75) is 45.4 Å². The van der Waals surface area contributed by atoms with Crippen LogP contribution in [0.25, 0.3) is 6.08 Å². The fourth-order valence-corrected chi connectivity index (χ4v) is 3.06. The topological polar surface area (TPSA) is 20.3 Å². The Morgan fingerprint density at radius 2 is 1.85 bits per heavy atom. The zero-order valence-corrected chi connectivity index (χ0v) is 12.7. The minimum absolute atomic E-state index is 0.157. The fraction of sp³-hybridized carbons (Fsp3) is 0.500. The van der Waals surface area contributed by atoms with E-state index in [0.29, 0.717) is 0 Å². The van der Waals surface area contributed by atoms with E-state index in [0.717, 1.165) is 37.9 Å². The second-order valence-electron chi connectivity index (χ2n) is 7.01. The highest BCUT2D eigenvalue weighted by Gasteiger charge is 2.26. The van der Waals surface area contributed by atoms with Crippen LogP contribution in [0.3, 0.4) is 0 Å². The van der Waals surface area contributed by atoms with Gasteiger partial charge in [-0.2, -0.15) is 0 Å². The average Bonchev–Trinajstić information content (AvgIpc) is 3.05. The third-order valence-corrected chi connectivity index (χ3v) is 4.39. The van der Waals surface area contributed by atoms with Gasteiger partial charge in [0.05, 0.1) is 0 Å². The van der Waals surface area contributed by atoms with Crippen LogP contribution in [0.1, 0.15) is 50.3 Å². The van der Waals surface area contributed by atoms with Crippen LogP contribution >= 0.6 is 0 Å². The predicted octanol–water partition coefficient (Wildman–Crippen LogP) is 3.55. The lowest BCUT2D eigenvalue weighted by Crippen LogP contribution is -2.28. The number of hydrogen-bond acceptors (Lipinski definition) is 1. The van der Waals surface area contributed by atoms with Crippen molar-refractivity contribution in [2.75, 3.05) is 13.1 Å². The Bertz CT molecular complexity index is 572. The Balaban J connectivity index is 1.85. The molecule has 20 heavy (non-hydrogen) atoms. The van der Waals surface area contributed by atoms with Crippen molar-refractivity contribution in [1.82, 2.24) is 4.90 Å². The summed E-state index contributed by atoms with van der Waals surface area (Å²) in [7, 11) is 0. The molecule has 0 bridgehead atoms. The van der Waals surface area contributed by atoms with E-state index in [1.54, 1.807) is 0 Å². The summed E-state index contributed by atoms with van der Waals surface area (Å²) in [4.78, 5) is 14.5. The number of benzene rings is 1. The Labute approximate surface area is 121 Å². The molecule has 1 fully saturated rings. The molecule has 0 saturated carbocycles. The SMILES string of the molecule is CC(C)(C)c1ccc2c(c1)C=C(C(=O)N1CCCC1)C2. The molecule has 1 amide bonds. The van der Waals surface area contributed by atoms with Crippen molar-refractivity contribution in [3.05, 3.63) is 40.5 Å². The molecule has 2 heteroatoms. The van der Waals surface area contributed by atoms with Crippen LogP contribution in [0.4, 0.5) is 0 Å². The smallest absolute Gasteiger partial charge is 0.250 e. The van der Waals surface area contributed by atoms with Crippen molar-refractivity contribution >= 4 is 12.0 Å². The zero-order chi connectivity index (χ0) is 14.3. The van der Waals surface area contributed by atoms with Crippen LogP contribution in [0.15, 0.2) is 23.8 Å². The number of amides is 1. The Kier molecular flexibility index (Phi) is 3.19. The first-order valence-electron chi connectivity index (χ1n) is 7.58. The van der Waals surface area contributed by atoms with Gasteiger partial charge in [0.1, 0.15) is 0 Å². The molecule has 0 N–H and O–H groups in total. The second kappa shape index (κ2) is 4.76. The van der Waals surface area contributed by atoms with Crippen LogP contribution in [0.5, 0.6) is 0 Å². The lowest BCUT2D eigenvalue weighted by atomic mass is 9.85. The molecule has 0 aromatic heterocycles. The summed E-state index contributed by atoms with van der Waals surface area (Å²) >= 11 is 0. The number of carbonyl (C=O) groups is 1. The van der Waals surface area contributed by atoms with Crippen molar-refractivity contribution in [2.24, 2.45) is 0 Å². The first-order chi connectivity index (χ1) is 9.45. The van der Waals surface area contributed by atoms with Gasteiger partial charge in [-0.1, -0.05) is 39.0 Å². The first-order valence-corrected chi connectivity index (χ1v) is 7.58. The molecule has 3 rings (SSSR count). The van der Waals surface area contributed by atoms with Gasteiger partial charge in [0.2, 0.25) is 5.91 Å². The Morgan fingerprint density at radius 3 is 2.50 bits per heavy atom. The molecule has 1 heterocycles. The van der Waals surface area contributed by atoms with Crippen molar-refractivity contribution in [1.29, 1.82) is 0 Å². The summed E-state index contributed by atoms with van der Waals surface area (Å²) < 4.78 is 0. The molecular weight excluding hydrogens is 246 g/mol. The maximum absolute atomic E-state index is 12.5. The summed E-state index contributed by atoms with van der Waals surface area (Å²) in [6, 6.07) is 6.65. The molecule has 0 spiro atoms. The normalized spacial score (nSPS) is 18.1. The summed E-state index contributed by atoms with van der Waals surface area (Å²) in [5.74, 6) is 0.246. The van der Waals surface area contributed by atoms with Gasteiger partial charge < -0.3 is 4.90 Å². The molecular formula is C18H23NO. The molecule has 1 aromatic rings. The Morgan fingerprint density at radius 1 is 1.15 bits per heavy atom. The van der Waals surface area contributed by atoms with Gasteiger partial charge >= 0.3 is 0 Å². The molecule has 1 aliphatic carbocycles. The summed E-state index contributed by atoms with van der Waals surface area (Å²) in [6.07, 6.45) is 5.21. The van der Waals surface area contributed by atoms with Gasteiger partial charge in [-0.25, -0.2) is 0 Å². The molecule has 1 aliphatic heterocycles. The quantitative estimate of drug-likeness (QED) is 0.763. The van der Waals surface area contributed by atoms with Crippen LogP contribution in [0, 0.1) is 0 Å². The monoisotopic (exact) mass is 269 g/mol. The lowest BCUT2D eigenvalue weighted by Gasteiger charge is -2.19. The van der Waals surface area contributed by atoms with E-state index in [4.69, 9.17) is 0 Å². The van der Waals surface area contributed by atoms with E-state index in [1.165, 1.54) is 16.7 Å². The van der Waals surface area contributed by atoms with E-state index < -0.39 is 0 Å². The van der Waals surface area contributed by atoms with Gasteiger partial charge in [-0.05, 0) is 41.0 Å². The van der Waals surface area contributed by atoms with Crippen LogP contribution < -0.4 is 0 Å². The van der Waals surface area contributed by atoms with Crippen LogP contribution in [-0.4, -0.2) is 23.9 Å². The number of carbonyl (C=O) groups excluding carboxylic acids is 1. The highest BCUT2D eigenvalue weighted by atomic mass is 16.2. The minimum Gasteiger partial charge on any atom is -0.339 e. The first kappa shape index (κ1) is 13.4. The predicted molar refractivity (Wildman–Crippen MR) is 82.6 cm³/mol. The standard InChI is InChI=1S/C18H23NO/c1-18(2,3)16-7-6-13-10-15(11-14(13)12-16)17(20)19-8-4-5-9-19/h6-7,11-12H,4-5,8-10H2,1-3H3. The lowest BCUT2D eigenvalue weighted by molar-refractivity contribution is -0.126. The third-order valence-electron chi connectivity index (χ3n) is 4.39. The Hall–Kier alpha value is -1.57. The molecule has 1 saturated heterocycles. The van der Waals surface area contributed by atoms with Crippen molar-refractivity contribution < 1.29 is 4.79 Å². The molecule has 0 radical (unpaired) electrons. The van der Waals surface area contributed by atoms with E-state index in [2.05, 4.69) is 45.0 Å². The molecule has 106 valence electrons. The van der Waals surface area contributed by atoms with Gasteiger partial charge in [0.25, 0.3) is 0 Å². The third kappa shape index (κ3) is 2.39. The van der Waals surface area contributed by atoms with Gasteiger partial charge in [0.15, 0.2) is 0 Å². The molecule has 0 atom stereocenters. The van der Waals surface area contributed by atoms with Crippen LogP contribution in [0.2, 0.25) is 0 Å². The number of rotatable bonds is 1. The second-order valence-corrected chi connectivity index (χ2v) is 7.01. The number of fused-ring (bicyclic) bond motifs is 1. The molecule has 2 nitrogen and oxygen atoms in total. The zero-order valence-electron chi connectivity index (χ0n) is 12.7. The summed E-state index contributed by atoms with van der Waals surface area (Å²) in [5.41, 5.74) is 4.99. The maximum atomic E-state index is 12.5. The largest absolute Gasteiger partial charge is 0.339 e. The van der Waals surface area contributed by atoms with E-state index in [-0.39, 0.29) is 11.3 Å². The van der Waals surface area contributed by atoms with Crippen molar-refractivity contribution in [3.63, 3.8) is 0 Å². The highest BCUT2D eigenvalue weighted by Crippen LogP contribution is 2.31. The minimum atomic E-state index is 0.157. The maximum Gasteiger partial charge on any atom is 0.250 e. The van der Waals surface area contributed by atoms with Gasteiger partial charge in [0, 0.05) is 25.1 Å². The molecule has 2 aliphatic rings. The number of nitrogens with zero attached hydrogens (tertiary/aromatic N) is 1. The van der Waals surface area contributed by atoms with Gasteiger partial charge in [-0.15, -0.1) is 0 Å². The van der Waals surface area contributed by atoms with E-state index in [1.807, 2.05) is 4.90 Å². The van der Waals surface area contributed by atoms with Crippen LogP contribution in [-0.2, 0) is 16.6 Å². The van der Waals surface area contributed by atoms with Crippen molar-refractivity contribution in [3.8, 4) is 0 Å². The molecule has 1 aromatic carbocycles. The summed E-state index contributed by atoms with van der Waals surface area (Å²) in [6.45, 7) is 8.54. The van der Waals surface area contributed by atoms with E-state index in [9.17, 15) is 4.79 Å². The van der Waals surface area contributed by atoms with E-state index >= 15 is 0 Å². The number of likely N-dealkylation sites (tertiary alicyclic amines) is 1. The highest BCUT2D eigenvalue weighted by molar-refractivity contribution is 6.00. The number of hydrogen-bond donors (Lipinski definition) is 0. The fourth-order valence-electron chi connectivity index (χ4n) is 3.06.